The smallest absolute Gasteiger partial charge is 0.336 e. The number of amides is 2. The van der Waals surface area contributed by atoms with Crippen molar-refractivity contribution in [3.05, 3.63) is 62.3 Å². The van der Waals surface area contributed by atoms with Gasteiger partial charge in [-0.15, -0.1) is 11.3 Å². The molecule has 1 N–H and O–H groups in total. The van der Waals surface area contributed by atoms with E-state index in [0.29, 0.717) is 22.8 Å². The lowest BCUT2D eigenvalue weighted by molar-refractivity contribution is -0.147. The van der Waals surface area contributed by atoms with Gasteiger partial charge in [0.25, 0.3) is 0 Å². The number of fused-ring (bicyclic) bond motifs is 1. The first-order valence-electron chi connectivity index (χ1n) is 14.1. The molecule has 1 aromatic heterocycles. The fourth-order valence-electron chi connectivity index (χ4n) is 5.66. The Labute approximate surface area is 259 Å². The third kappa shape index (κ3) is 6.76. The maximum absolute atomic E-state index is 14.7. The van der Waals surface area contributed by atoms with E-state index in [1.807, 2.05) is 20.8 Å². The van der Waals surface area contributed by atoms with Crippen molar-refractivity contribution in [3.63, 3.8) is 0 Å². The van der Waals surface area contributed by atoms with Gasteiger partial charge in [-0.3, -0.25) is 14.7 Å². The lowest BCUT2D eigenvalue weighted by atomic mass is 9.93. The number of hydrogen-bond acceptors (Lipinski definition) is 8. The first-order chi connectivity index (χ1) is 20.3. The van der Waals surface area contributed by atoms with Crippen LogP contribution in [0.1, 0.15) is 58.2 Å². The Kier molecular flexibility index (Phi) is 9.93. The Bertz CT molecular complexity index is 1440. The second-order valence-electron chi connectivity index (χ2n) is 11.6. The first-order valence-corrected chi connectivity index (χ1v) is 15.3. The van der Waals surface area contributed by atoms with Gasteiger partial charge in [-0.1, -0.05) is 23.7 Å². The Morgan fingerprint density at radius 1 is 1.28 bits per heavy atom. The van der Waals surface area contributed by atoms with Gasteiger partial charge in [0.1, 0.15) is 22.9 Å². The second-order valence-corrected chi connectivity index (χ2v) is 12.9. The minimum absolute atomic E-state index is 0.0778. The molecule has 10 nitrogen and oxygen atoms in total. The van der Waals surface area contributed by atoms with Crippen molar-refractivity contribution >= 4 is 46.6 Å². The number of ether oxygens (including phenoxy) is 1. The highest BCUT2D eigenvalue weighted by Gasteiger charge is 2.51. The molecule has 0 spiro atoms. The summed E-state index contributed by atoms with van der Waals surface area (Å²) in [5, 5.41) is 12.6. The summed E-state index contributed by atoms with van der Waals surface area (Å²) in [4.78, 5) is 53.7. The Morgan fingerprint density at radius 2 is 2.00 bits per heavy atom. The third-order valence-electron chi connectivity index (χ3n) is 7.70. The molecule has 0 bridgehead atoms. The van der Waals surface area contributed by atoms with Crippen LogP contribution in [0.3, 0.4) is 0 Å². The molecule has 2 aliphatic rings. The lowest BCUT2D eigenvalue weighted by Crippen LogP contribution is -2.62. The number of urea groups is 1. The van der Waals surface area contributed by atoms with Crippen LogP contribution in [0.25, 0.3) is 0 Å². The largest absolute Gasteiger partial charge is 0.480 e. The van der Waals surface area contributed by atoms with Crippen LogP contribution in [0.2, 0.25) is 5.02 Å². The van der Waals surface area contributed by atoms with Gasteiger partial charge in [0.05, 0.1) is 29.0 Å². The van der Waals surface area contributed by atoms with E-state index in [1.54, 1.807) is 53.1 Å². The first kappa shape index (κ1) is 32.6. The average molecular weight is 634 g/mol. The van der Waals surface area contributed by atoms with Crippen LogP contribution >= 0.6 is 22.9 Å². The number of aliphatic carboxylic acids is 1. The number of hydrogen-bond donors (Lipinski definition) is 1. The molecule has 0 aliphatic carbocycles. The molecule has 13 heteroatoms. The highest BCUT2D eigenvalue weighted by molar-refractivity contribution is 7.11. The van der Waals surface area contributed by atoms with E-state index in [9.17, 15) is 23.9 Å². The molecule has 43 heavy (non-hydrogen) atoms. The number of carboxylic acid groups (broad SMARTS) is 1. The summed E-state index contributed by atoms with van der Waals surface area (Å²) in [7, 11) is 0. The molecular weight excluding hydrogens is 597 g/mol. The quantitative estimate of drug-likeness (QED) is 0.234. The Hall–Kier alpha value is -3.35. The summed E-state index contributed by atoms with van der Waals surface area (Å²) in [5.41, 5.74) is 0.937. The predicted molar refractivity (Wildman–Crippen MR) is 163 cm³/mol. The minimum atomic E-state index is -1.06. The molecule has 4 rings (SSSR count). The molecule has 3 atom stereocenters. The minimum Gasteiger partial charge on any atom is -0.480 e. The molecule has 2 amide bonds. The maximum Gasteiger partial charge on any atom is 0.336 e. The molecule has 1 aromatic carbocycles. The van der Waals surface area contributed by atoms with Crippen LogP contribution in [0, 0.1) is 5.82 Å². The van der Waals surface area contributed by atoms with Crippen LogP contribution in [-0.2, 0) is 14.3 Å². The number of benzene rings is 1. The zero-order valence-electron chi connectivity index (χ0n) is 25.1. The SMILES string of the molecule is CCOC(=O)/C(=C(/C)CN1CCN2C(=O)N(C(C)(C)C)C[C@H]2[C@@H]1C(=O)O)[C@@H](/N=C(\C)c1nccs1)c1cccc(F)c1Cl. The van der Waals surface area contributed by atoms with Gasteiger partial charge in [-0.05, 0) is 53.2 Å². The number of carboxylic acids is 1. The highest BCUT2D eigenvalue weighted by Crippen LogP contribution is 2.37. The summed E-state index contributed by atoms with van der Waals surface area (Å²) in [6.07, 6.45) is 1.64. The number of carbonyl (C=O) groups excluding carboxylic acids is 2. The van der Waals surface area contributed by atoms with Gasteiger partial charge in [0.2, 0.25) is 0 Å². The van der Waals surface area contributed by atoms with E-state index in [4.69, 9.17) is 21.3 Å². The second kappa shape index (κ2) is 13.1. The summed E-state index contributed by atoms with van der Waals surface area (Å²) in [6, 6.07) is 1.49. The monoisotopic (exact) mass is 633 g/mol. The van der Waals surface area contributed by atoms with Gasteiger partial charge in [-0.2, -0.15) is 0 Å². The topological polar surface area (TPSA) is 116 Å². The zero-order chi connectivity index (χ0) is 31.6. The van der Waals surface area contributed by atoms with Crippen molar-refractivity contribution in [1.29, 1.82) is 0 Å². The molecule has 2 aromatic rings. The van der Waals surface area contributed by atoms with E-state index in [2.05, 4.69) is 4.98 Å². The molecular formula is C30H37ClFN5O5S. The number of carbonyl (C=O) groups is 3. The van der Waals surface area contributed by atoms with E-state index in [0.717, 1.165) is 0 Å². The molecule has 2 aliphatic heterocycles. The van der Waals surface area contributed by atoms with Gasteiger partial charge in [0.15, 0.2) is 0 Å². The summed E-state index contributed by atoms with van der Waals surface area (Å²) >= 11 is 7.81. The van der Waals surface area contributed by atoms with E-state index < -0.39 is 41.4 Å². The predicted octanol–water partition coefficient (Wildman–Crippen LogP) is 5.04. The number of esters is 1. The average Bonchev–Trinajstić information content (AvgIpc) is 3.58. The number of thiazole rings is 1. The van der Waals surface area contributed by atoms with Crippen molar-refractivity contribution < 1.29 is 28.6 Å². The van der Waals surface area contributed by atoms with Gasteiger partial charge < -0.3 is 19.6 Å². The Morgan fingerprint density at radius 3 is 2.60 bits per heavy atom. The molecule has 3 heterocycles. The number of aromatic nitrogens is 1. The number of nitrogens with zero attached hydrogens (tertiary/aromatic N) is 5. The maximum atomic E-state index is 14.7. The zero-order valence-corrected chi connectivity index (χ0v) is 26.7. The lowest BCUT2D eigenvalue weighted by Gasteiger charge is -2.41. The van der Waals surface area contributed by atoms with E-state index in [1.165, 1.54) is 23.5 Å². The Balaban J connectivity index is 1.80. The van der Waals surface area contributed by atoms with Crippen molar-refractivity contribution in [2.75, 3.05) is 32.8 Å². The van der Waals surface area contributed by atoms with Crippen LogP contribution in [0.5, 0.6) is 0 Å². The van der Waals surface area contributed by atoms with Crippen LogP contribution in [0.15, 0.2) is 45.9 Å². The third-order valence-corrected chi connectivity index (χ3v) is 8.99. The van der Waals surface area contributed by atoms with Crippen molar-refractivity contribution in [2.45, 2.75) is 65.2 Å². The van der Waals surface area contributed by atoms with Gasteiger partial charge >= 0.3 is 18.0 Å². The fraction of sp³-hybridized carbons (Fsp3) is 0.500. The fourth-order valence-corrected chi connectivity index (χ4v) is 6.49. The van der Waals surface area contributed by atoms with Crippen molar-refractivity contribution in [1.82, 2.24) is 19.7 Å². The van der Waals surface area contributed by atoms with Crippen molar-refractivity contribution in [3.8, 4) is 0 Å². The van der Waals surface area contributed by atoms with Crippen LogP contribution in [0.4, 0.5) is 9.18 Å². The highest BCUT2D eigenvalue weighted by atomic mass is 35.5. The summed E-state index contributed by atoms with van der Waals surface area (Å²) in [5.74, 6) is -2.39. The van der Waals surface area contributed by atoms with E-state index in [-0.39, 0.29) is 48.4 Å². The van der Waals surface area contributed by atoms with Gasteiger partial charge in [-0.25, -0.2) is 19.0 Å². The molecule has 2 saturated heterocycles. The summed E-state index contributed by atoms with van der Waals surface area (Å²) < 4.78 is 20.2. The number of piperazine rings is 1. The standard InChI is InChI=1S/C30H37ClFN5O5S/c1-7-42-28(40)22(24(19-9-8-10-20(32)23(19)31)34-18(3)26-33-11-14-43-26)17(2)15-35-12-13-36-21(25(35)27(38)39)16-37(29(36)41)30(4,5)6/h8-11,14,21,24-25H,7,12-13,15-16H2,1-6H3,(H,38,39)/b22-17-,34-18+/t21-,24-,25+/m0/s1. The molecule has 232 valence electrons. The molecule has 2 fully saturated rings. The summed E-state index contributed by atoms with van der Waals surface area (Å²) in [6.45, 7) is 11.9. The van der Waals surface area contributed by atoms with Gasteiger partial charge in [0, 0.05) is 48.9 Å². The number of aliphatic imine (C=N–C) groups is 1. The molecule has 0 radical (unpaired) electrons. The van der Waals surface area contributed by atoms with E-state index >= 15 is 0 Å². The normalized spacial score (nSPS) is 21.0. The molecule has 0 saturated carbocycles. The molecule has 0 unspecified atom stereocenters. The number of halogens is 2. The van der Waals surface area contributed by atoms with Crippen molar-refractivity contribution in [2.24, 2.45) is 4.99 Å². The number of rotatable bonds is 9. The van der Waals surface area contributed by atoms with Crippen LogP contribution < -0.4 is 0 Å². The van der Waals surface area contributed by atoms with Crippen LogP contribution in [-0.4, -0.2) is 98.9 Å².